The van der Waals surface area contributed by atoms with E-state index in [9.17, 15) is 14.4 Å². The predicted octanol–water partition coefficient (Wildman–Crippen LogP) is 8.29. The zero-order chi connectivity index (χ0) is 32.7. The summed E-state index contributed by atoms with van der Waals surface area (Å²) in [5.41, 5.74) is 4.18. The standard InChI is InChI=1S/C39H39BrN2O5/c1-3-5-29-17-25(19-34(46-4-2)35(29)47-23-24-6-10-31(40)11-7-24)18-33-36(43)41-38(45)42(37(33)44)32-12-8-30(9-13-32)39-20-26-14-27(21-39)16-28(15-26)22-39/h3,6-13,17-19,26-28H,1,4-5,14-16,20-23H2,2H3,(H,41,43,45)/b33-18+. The Bertz CT molecular complexity index is 1730. The maximum Gasteiger partial charge on any atom is 0.335 e. The molecule has 0 atom stereocenters. The fourth-order valence-corrected chi connectivity index (χ4v) is 8.99. The molecule has 0 aromatic heterocycles. The molecule has 5 aliphatic rings. The molecule has 4 amide bonds. The zero-order valence-electron chi connectivity index (χ0n) is 26.6. The number of carbonyl (C=O) groups is 3. The number of carbonyl (C=O) groups excluding carboxylic acids is 3. The van der Waals surface area contributed by atoms with E-state index >= 15 is 0 Å². The number of rotatable bonds is 10. The third kappa shape index (κ3) is 6.16. The Hall–Kier alpha value is -4.17. The van der Waals surface area contributed by atoms with Crippen molar-refractivity contribution in [3.63, 3.8) is 0 Å². The van der Waals surface area contributed by atoms with Gasteiger partial charge in [0.2, 0.25) is 0 Å². The molecule has 1 saturated heterocycles. The maximum absolute atomic E-state index is 13.8. The van der Waals surface area contributed by atoms with Gasteiger partial charge < -0.3 is 9.47 Å². The number of barbiturate groups is 1. The van der Waals surface area contributed by atoms with Gasteiger partial charge >= 0.3 is 6.03 Å². The van der Waals surface area contributed by atoms with Crippen LogP contribution in [0, 0.1) is 17.8 Å². The van der Waals surface area contributed by atoms with Crippen LogP contribution in [0.1, 0.15) is 67.7 Å². The van der Waals surface area contributed by atoms with Gasteiger partial charge in [-0.1, -0.05) is 46.3 Å². The Labute approximate surface area is 284 Å². The third-order valence-corrected chi connectivity index (χ3v) is 10.8. The molecule has 47 heavy (non-hydrogen) atoms. The van der Waals surface area contributed by atoms with Crippen LogP contribution in [0.3, 0.4) is 0 Å². The van der Waals surface area contributed by atoms with Gasteiger partial charge in [-0.15, -0.1) is 6.58 Å². The zero-order valence-corrected chi connectivity index (χ0v) is 28.2. The first-order valence-corrected chi connectivity index (χ1v) is 17.3. The van der Waals surface area contributed by atoms with Crippen LogP contribution in [-0.2, 0) is 28.0 Å². The van der Waals surface area contributed by atoms with Crippen LogP contribution >= 0.6 is 15.9 Å². The number of nitrogens with one attached hydrogen (secondary N) is 1. The van der Waals surface area contributed by atoms with E-state index in [4.69, 9.17) is 9.47 Å². The van der Waals surface area contributed by atoms with Gasteiger partial charge in [-0.2, -0.15) is 0 Å². The number of amides is 4. The Balaban J connectivity index is 1.16. The maximum atomic E-state index is 13.8. The SMILES string of the molecule is C=CCc1cc(/C=C2\C(=O)NC(=O)N(c3ccc(C45CC6CC(CC(C6)C4)C5)cc3)C2=O)cc(OCC)c1OCc1ccc(Br)cc1. The lowest BCUT2D eigenvalue weighted by atomic mass is 9.48. The van der Waals surface area contributed by atoms with Gasteiger partial charge in [-0.05, 0) is 134 Å². The summed E-state index contributed by atoms with van der Waals surface area (Å²) in [7, 11) is 0. The van der Waals surface area contributed by atoms with Crippen molar-refractivity contribution in [1.29, 1.82) is 0 Å². The normalized spacial score (nSPS) is 25.7. The van der Waals surface area contributed by atoms with Gasteiger partial charge in [0.1, 0.15) is 12.2 Å². The smallest absolute Gasteiger partial charge is 0.335 e. The van der Waals surface area contributed by atoms with E-state index < -0.39 is 17.8 Å². The fraction of sp³-hybridized carbons (Fsp3) is 0.359. The van der Waals surface area contributed by atoms with E-state index in [0.29, 0.717) is 42.4 Å². The highest BCUT2D eigenvalue weighted by Crippen LogP contribution is 2.60. The van der Waals surface area contributed by atoms with Crippen LogP contribution < -0.4 is 19.7 Å². The molecule has 1 N–H and O–H groups in total. The molecule has 3 aromatic rings. The number of anilines is 1. The van der Waals surface area contributed by atoms with E-state index in [-0.39, 0.29) is 11.0 Å². The Kier molecular flexibility index (Phi) is 8.56. The molecule has 0 spiro atoms. The molecule has 0 unspecified atom stereocenters. The molecule has 3 aromatic carbocycles. The van der Waals surface area contributed by atoms with E-state index in [2.05, 4.69) is 40.0 Å². The monoisotopic (exact) mass is 694 g/mol. The van der Waals surface area contributed by atoms with Crippen molar-refractivity contribution in [3.8, 4) is 11.5 Å². The van der Waals surface area contributed by atoms with Gasteiger partial charge in [-0.3, -0.25) is 14.9 Å². The molecule has 1 aliphatic heterocycles. The van der Waals surface area contributed by atoms with E-state index in [1.165, 1.54) is 50.2 Å². The number of halogens is 1. The number of urea groups is 1. The molecule has 7 nitrogen and oxygen atoms in total. The summed E-state index contributed by atoms with van der Waals surface area (Å²) in [6.07, 6.45) is 11.5. The minimum Gasteiger partial charge on any atom is -0.490 e. The van der Waals surface area contributed by atoms with Gasteiger partial charge in [0.15, 0.2) is 11.5 Å². The average molecular weight is 696 g/mol. The first-order chi connectivity index (χ1) is 22.7. The molecule has 4 saturated carbocycles. The first-order valence-electron chi connectivity index (χ1n) is 16.5. The summed E-state index contributed by atoms with van der Waals surface area (Å²) in [5.74, 6) is 2.12. The quantitative estimate of drug-likeness (QED) is 0.131. The molecular formula is C39H39BrN2O5. The average Bonchev–Trinajstić information content (AvgIpc) is 3.03. The Morgan fingerprint density at radius 2 is 1.60 bits per heavy atom. The van der Waals surface area contributed by atoms with Crippen molar-refractivity contribution >= 4 is 45.5 Å². The second-order valence-electron chi connectivity index (χ2n) is 13.6. The minimum absolute atomic E-state index is 0.134. The first kappa shape index (κ1) is 31.4. The van der Waals surface area contributed by atoms with E-state index in [0.717, 1.165) is 38.3 Å². The van der Waals surface area contributed by atoms with Crippen LogP contribution in [0.25, 0.3) is 6.08 Å². The topological polar surface area (TPSA) is 84.9 Å². The molecule has 0 radical (unpaired) electrons. The summed E-state index contributed by atoms with van der Waals surface area (Å²) < 4.78 is 13.2. The molecule has 8 rings (SSSR count). The van der Waals surface area contributed by atoms with Gasteiger partial charge in [0.05, 0.1) is 12.3 Å². The lowest BCUT2D eigenvalue weighted by Gasteiger charge is -2.57. The summed E-state index contributed by atoms with van der Waals surface area (Å²) in [6.45, 7) is 6.51. The number of imide groups is 2. The van der Waals surface area contributed by atoms with Crippen molar-refractivity contribution in [3.05, 3.63) is 106 Å². The number of ether oxygens (including phenoxy) is 2. The molecule has 1 heterocycles. The lowest BCUT2D eigenvalue weighted by molar-refractivity contribution is -0.122. The number of nitrogens with zero attached hydrogens (tertiary/aromatic N) is 1. The predicted molar refractivity (Wildman–Crippen MR) is 185 cm³/mol. The summed E-state index contributed by atoms with van der Waals surface area (Å²) >= 11 is 3.46. The highest BCUT2D eigenvalue weighted by Gasteiger charge is 2.51. The second-order valence-corrected chi connectivity index (χ2v) is 14.5. The molecule has 4 aliphatic carbocycles. The van der Waals surface area contributed by atoms with Crippen LogP contribution in [0.15, 0.2) is 83.4 Å². The summed E-state index contributed by atoms with van der Waals surface area (Å²) in [6, 6.07) is 18.6. The van der Waals surface area contributed by atoms with Crippen molar-refractivity contribution in [2.45, 2.75) is 63.9 Å². The largest absolute Gasteiger partial charge is 0.490 e. The number of allylic oxidation sites excluding steroid dienone is 1. The van der Waals surface area contributed by atoms with Crippen molar-refractivity contribution in [2.24, 2.45) is 17.8 Å². The molecule has 5 fully saturated rings. The molecule has 4 bridgehead atoms. The summed E-state index contributed by atoms with van der Waals surface area (Å²) in [5, 5.41) is 2.37. The molecule has 8 heteroatoms. The van der Waals surface area contributed by atoms with Gasteiger partial charge in [0.25, 0.3) is 11.8 Å². The number of hydrogen-bond acceptors (Lipinski definition) is 5. The number of hydrogen-bond donors (Lipinski definition) is 1. The highest BCUT2D eigenvalue weighted by atomic mass is 79.9. The fourth-order valence-electron chi connectivity index (χ4n) is 8.72. The lowest BCUT2D eigenvalue weighted by Crippen LogP contribution is -2.54. The van der Waals surface area contributed by atoms with Crippen molar-refractivity contribution in [2.75, 3.05) is 11.5 Å². The highest BCUT2D eigenvalue weighted by molar-refractivity contribution is 9.10. The molecule has 242 valence electrons. The van der Waals surface area contributed by atoms with Crippen molar-refractivity contribution < 1.29 is 23.9 Å². The van der Waals surface area contributed by atoms with Crippen LogP contribution in [0.5, 0.6) is 11.5 Å². The number of benzene rings is 3. The van der Waals surface area contributed by atoms with Gasteiger partial charge in [0, 0.05) is 10.0 Å². The van der Waals surface area contributed by atoms with E-state index in [1.54, 1.807) is 12.1 Å². The second kappa shape index (κ2) is 12.8. The minimum atomic E-state index is -0.751. The van der Waals surface area contributed by atoms with Crippen LogP contribution in [-0.4, -0.2) is 24.5 Å². The van der Waals surface area contributed by atoms with Crippen LogP contribution in [0.4, 0.5) is 10.5 Å². The van der Waals surface area contributed by atoms with Crippen molar-refractivity contribution in [1.82, 2.24) is 5.32 Å². The third-order valence-electron chi connectivity index (χ3n) is 10.3. The van der Waals surface area contributed by atoms with Crippen LogP contribution in [0.2, 0.25) is 0 Å². The Morgan fingerprint density at radius 1 is 0.936 bits per heavy atom. The van der Waals surface area contributed by atoms with E-state index in [1.807, 2.05) is 49.4 Å². The Morgan fingerprint density at radius 3 is 2.21 bits per heavy atom. The molecular weight excluding hydrogens is 656 g/mol. The van der Waals surface area contributed by atoms with Gasteiger partial charge in [-0.25, -0.2) is 9.69 Å². The summed E-state index contributed by atoms with van der Waals surface area (Å²) in [4.78, 5) is 41.0.